The third-order valence-corrected chi connectivity index (χ3v) is 9.26. The highest BCUT2D eigenvalue weighted by Gasteiger charge is 2.33. The van der Waals surface area contributed by atoms with Gasteiger partial charge in [-0.05, 0) is 74.2 Å². The van der Waals surface area contributed by atoms with E-state index in [1.807, 2.05) is 33.8 Å². The summed E-state index contributed by atoms with van der Waals surface area (Å²) in [5.74, 6) is -0.816. The molecule has 7 nitrogen and oxygen atoms in total. The van der Waals surface area contributed by atoms with Gasteiger partial charge in [-0.15, -0.1) is 0 Å². The van der Waals surface area contributed by atoms with Crippen LogP contribution in [-0.4, -0.2) is 44.3 Å². The minimum Gasteiger partial charge on any atom is -0.354 e. The summed E-state index contributed by atoms with van der Waals surface area (Å²) in [5, 5.41) is 3.61. The molecule has 3 rings (SSSR count). The molecule has 1 N–H and O–H groups in total. The van der Waals surface area contributed by atoms with Crippen molar-refractivity contribution in [2.75, 3.05) is 17.4 Å². The number of benzene rings is 3. The summed E-state index contributed by atoms with van der Waals surface area (Å²) in [4.78, 5) is 28.9. The summed E-state index contributed by atoms with van der Waals surface area (Å²) in [6.45, 7) is 7.60. The van der Waals surface area contributed by atoms with Crippen LogP contribution < -0.4 is 9.62 Å². The largest absolute Gasteiger partial charge is 0.354 e. The fourth-order valence-corrected chi connectivity index (χ4v) is 6.14. The van der Waals surface area contributed by atoms with Gasteiger partial charge in [0, 0.05) is 13.1 Å². The number of aryl methyl sites for hydroxylation is 2. The maximum Gasteiger partial charge on any atom is 0.264 e. The first-order chi connectivity index (χ1) is 19.5. The first-order valence-corrected chi connectivity index (χ1v) is 15.8. The Morgan fingerprint density at radius 3 is 2.22 bits per heavy atom. The molecule has 0 unspecified atom stereocenters. The number of amides is 2. The molecule has 2 amide bonds. The van der Waals surface area contributed by atoms with E-state index in [-0.39, 0.29) is 17.3 Å². The number of hydrogen-bond donors (Lipinski definition) is 1. The Bertz CT molecular complexity index is 1460. The van der Waals surface area contributed by atoms with Gasteiger partial charge in [0.05, 0.1) is 20.6 Å². The average molecular weight is 619 g/mol. The van der Waals surface area contributed by atoms with Gasteiger partial charge in [0.15, 0.2) is 0 Å². The summed E-state index contributed by atoms with van der Waals surface area (Å²) < 4.78 is 29.0. The number of sulfonamides is 1. The summed E-state index contributed by atoms with van der Waals surface area (Å²) in [5.41, 5.74) is 2.77. The lowest BCUT2D eigenvalue weighted by atomic mass is 10.1. The van der Waals surface area contributed by atoms with Crippen molar-refractivity contribution in [2.45, 2.75) is 64.4 Å². The van der Waals surface area contributed by atoms with Crippen molar-refractivity contribution in [1.82, 2.24) is 10.2 Å². The smallest absolute Gasteiger partial charge is 0.264 e. The lowest BCUT2D eigenvalue weighted by molar-refractivity contribution is -0.140. The van der Waals surface area contributed by atoms with Crippen molar-refractivity contribution in [3.8, 4) is 0 Å². The Morgan fingerprint density at radius 2 is 1.61 bits per heavy atom. The van der Waals surface area contributed by atoms with Gasteiger partial charge >= 0.3 is 0 Å². The van der Waals surface area contributed by atoms with Crippen LogP contribution in [0.5, 0.6) is 0 Å². The molecule has 0 aliphatic carbocycles. The van der Waals surface area contributed by atoms with E-state index in [2.05, 4.69) is 5.32 Å². The SMILES string of the molecule is CCCCNC(=O)[C@H](CC)N(Cc1ccc(Cl)c(Cl)c1)C(=O)CN(c1cccc(C)c1)S(=O)(=O)c1ccc(C)cc1. The molecule has 0 heterocycles. The number of halogens is 2. The number of rotatable bonds is 13. The molecule has 0 bridgehead atoms. The molecule has 0 spiro atoms. The molecule has 41 heavy (non-hydrogen) atoms. The van der Waals surface area contributed by atoms with Gasteiger partial charge < -0.3 is 10.2 Å². The second kappa shape index (κ2) is 14.7. The van der Waals surface area contributed by atoms with Gasteiger partial charge in [0.25, 0.3) is 10.0 Å². The maximum atomic E-state index is 14.1. The summed E-state index contributed by atoms with van der Waals surface area (Å²) in [7, 11) is -4.12. The second-order valence-corrected chi connectivity index (χ2v) is 12.7. The molecular weight excluding hydrogens is 581 g/mol. The zero-order chi connectivity index (χ0) is 30.2. The predicted molar refractivity (Wildman–Crippen MR) is 166 cm³/mol. The molecule has 0 aliphatic heterocycles. The topological polar surface area (TPSA) is 86.8 Å². The van der Waals surface area contributed by atoms with Crippen molar-refractivity contribution in [3.63, 3.8) is 0 Å². The molecule has 3 aromatic carbocycles. The second-order valence-electron chi connectivity index (χ2n) is 10.0. The quantitative estimate of drug-likeness (QED) is 0.221. The molecule has 220 valence electrons. The molecule has 1 atom stereocenters. The van der Waals surface area contributed by atoms with Crippen molar-refractivity contribution in [3.05, 3.63) is 93.5 Å². The van der Waals surface area contributed by atoms with E-state index >= 15 is 0 Å². The van der Waals surface area contributed by atoms with E-state index in [0.717, 1.165) is 28.3 Å². The van der Waals surface area contributed by atoms with Crippen LogP contribution in [0, 0.1) is 13.8 Å². The van der Waals surface area contributed by atoms with Gasteiger partial charge in [-0.2, -0.15) is 0 Å². The van der Waals surface area contributed by atoms with E-state index < -0.39 is 28.5 Å². The lowest BCUT2D eigenvalue weighted by Gasteiger charge is -2.33. The highest BCUT2D eigenvalue weighted by molar-refractivity contribution is 7.92. The first-order valence-electron chi connectivity index (χ1n) is 13.6. The van der Waals surface area contributed by atoms with Crippen molar-refractivity contribution >= 4 is 50.7 Å². The van der Waals surface area contributed by atoms with Crippen LogP contribution in [0.4, 0.5) is 5.69 Å². The molecule has 10 heteroatoms. The van der Waals surface area contributed by atoms with Crippen LogP contribution in [-0.2, 0) is 26.2 Å². The Labute approximate surface area is 253 Å². The Kier molecular flexibility index (Phi) is 11.6. The summed E-state index contributed by atoms with van der Waals surface area (Å²) >= 11 is 12.4. The first kappa shape index (κ1) is 32.4. The lowest BCUT2D eigenvalue weighted by Crippen LogP contribution is -2.52. The number of nitrogens with one attached hydrogen (secondary N) is 1. The Hall–Kier alpha value is -3.07. The molecule has 0 fully saturated rings. The minimum absolute atomic E-state index is 0.0433. The molecule has 0 saturated carbocycles. The fourth-order valence-electron chi connectivity index (χ4n) is 4.41. The van der Waals surface area contributed by atoms with E-state index in [9.17, 15) is 18.0 Å². The fraction of sp³-hybridized carbons (Fsp3) is 0.355. The van der Waals surface area contributed by atoms with Crippen LogP contribution in [0.2, 0.25) is 10.0 Å². The number of anilines is 1. The summed E-state index contributed by atoms with van der Waals surface area (Å²) in [6, 6.07) is 17.7. The third kappa shape index (κ3) is 8.47. The van der Waals surface area contributed by atoms with Crippen LogP contribution in [0.15, 0.2) is 71.6 Å². The van der Waals surface area contributed by atoms with E-state index in [1.54, 1.807) is 48.5 Å². The number of hydrogen-bond acceptors (Lipinski definition) is 4. The molecule has 0 saturated heterocycles. The zero-order valence-corrected chi connectivity index (χ0v) is 26.2. The minimum atomic E-state index is -4.12. The number of carbonyl (C=O) groups is 2. The van der Waals surface area contributed by atoms with Gasteiger partial charge in [-0.1, -0.05) is 79.4 Å². The molecule has 3 aromatic rings. The number of nitrogens with zero attached hydrogens (tertiary/aromatic N) is 2. The molecule has 0 aromatic heterocycles. The molecule has 0 aliphatic rings. The van der Waals surface area contributed by atoms with E-state index in [0.29, 0.717) is 34.3 Å². The highest BCUT2D eigenvalue weighted by Crippen LogP contribution is 2.27. The van der Waals surface area contributed by atoms with Crippen molar-refractivity contribution < 1.29 is 18.0 Å². The zero-order valence-electron chi connectivity index (χ0n) is 23.9. The van der Waals surface area contributed by atoms with Crippen molar-refractivity contribution in [2.24, 2.45) is 0 Å². The van der Waals surface area contributed by atoms with Crippen LogP contribution in [0.3, 0.4) is 0 Å². The Balaban J connectivity index is 2.05. The molecular formula is C31H37Cl2N3O4S. The van der Waals surface area contributed by atoms with Crippen LogP contribution in [0.25, 0.3) is 0 Å². The number of carbonyl (C=O) groups excluding carboxylic acids is 2. The van der Waals surface area contributed by atoms with E-state index in [1.165, 1.54) is 17.0 Å². The van der Waals surface area contributed by atoms with Crippen LogP contribution in [0.1, 0.15) is 49.8 Å². The molecule has 0 radical (unpaired) electrons. The van der Waals surface area contributed by atoms with Gasteiger partial charge in [-0.25, -0.2) is 8.42 Å². The predicted octanol–water partition coefficient (Wildman–Crippen LogP) is 6.53. The van der Waals surface area contributed by atoms with Crippen molar-refractivity contribution in [1.29, 1.82) is 0 Å². The normalized spacial score (nSPS) is 12.0. The van der Waals surface area contributed by atoms with Gasteiger partial charge in [0.2, 0.25) is 11.8 Å². The van der Waals surface area contributed by atoms with E-state index in [4.69, 9.17) is 23.2 Å². The third-order valence-electron chi connectivity index (χ3n) is 6.73. The monoisotopic (exact) mass is 617 g/mol. The number of unbranched alkanes of at least 4 members (excludes halogenated alkanes) is 1. The standard InChI is InChI=1S/C31H37Cl2N3O4S/c1-5-7-17-34-31(38)29(6-2)35(20-24-13-16-27(32)28(33)19-24)30(37)21-36(25-10-8-9-23(4)18-25)41(39,40)26-14-11-22(3)12-15-26/h8-16,18-19,29H,5-7,17,20-21H2,1-4H3,(H,34,38)/t29-/m0/s1. The highest BCUT2D eigenvalue weighted by atomic mass is 35.5. The summed E-state index contributed by atoms with van der Waals surface area (Å²) in [6.07, 6.45) is 2.05. The van der Waals surface area contributed by atoms with Gasteiger partial charge in [-0.3, -0.25) is 13.9 Å². The van der Waals surface area contributed by atoms with Crippen LogP contribution >= 0.6 is 23.2 Å². The maximum absolute atomic E-state index is 14.1. The van der Waals surface area contributed by atoms with Gasteiger partial charge in [0.1, 0.15) is 12.6 Å². The average Bonchev–Trinajstić information content (AvgIpc) is 2.93. The Morgan fingerprint density at radius 1 is 0.902 bits per heavy atom.